The van der Waals surface area contributed by atoms with E-state index in [1.165, 1.54) is 0 Å². The molecule has 1 aliphatic rings. The van der Waals surface area contributed by atoms with E-state index in [9.17, 15) is 9.59 Å². The van der Waals surface area contributed by atoms with Crippen LogP contribution in [0.1, 0.15) is 41.5 Å². The van der Waals surface area contributed by atoms with Crippen LogP contribution in [0, 0.1) is 0 Å². The van der Waals surface area contributed by atoms with Gasteiger partial charge in [-0.2, -0.15) is 0 Å². The molecule has 5 heteroatoms. The molecule has 2 aromatic rings. The first-order valence-electron chi connectivity index (χ1n) is 6.89. The lowest BCUT2D eigenvalue weighted by Crippen LogP contribution is -2.03. The van der Waals surface area contributed by atoms with Crippen molar-refractivity contribution >= 4 is 29.0 Å². The van der Waals surface area contributed by atoms with E-state index in [0.717, 1.165) is 17.7 Å². The highest BCUT2D eigenvalue weighted by Crippen LogP contribution is 2.33. The van der Waals surface area contributed by atoms with Crippen molar-refractivity contribution in [2.45, 2.75) is 19.8 Å². The van der Waals surface area contributed by atoms with Crippen LogP contribution in [-0.4, -0.2) is 21.7 Å². The van der Waals surface area contributed by atoms with E-state index in [2.05, 4.69) is 15.3 Å². The summed E-state index contributed by atoms with van der Waals surface area (Å²) < 4.78 is 0. The number of aromatic amines is 1. The van der Waals surface area contributed by atoms with Crippen molar-refractivity contribution in [3.63, 3.8) is 0 Å². The first-order valence-corrected chi connectivity index (χ1v) is 6.89. The van der Waals surface area contributed by atoms with Crippen molar-refractivity contribution in [1.29, 1.82) is 0 Å². The van der Waals surface area contributed by atoms with Gasteiger partial charge in [-0.3, -0.25) is 9.59 Å². The van der Waals surface area contributed by atoms with E-state index in [1.54, 1.807) is 36.7 Å². The van der Waals surface area contributed by atoms with Crippen LogP contribution in [0.15, 0.2) is 30.6 Å². The normalized spacial score (nSPS) is 15.1. The second-order valence-electron chi connectivity index (χ2n) is 4.92. The quantitative estimate of drug-likeness (QED) is 0.668. The van der Waals surface area contributed by atoms with Crippen molar-refractivity contribution in [3.05, 3.63) is 47.5 Å². The van der Waals surface area contributed by atoms with Gasteiger partial charge in [-0.25, -0.2) is 4.98 Å². The topological polar surface area (TPSA) is 74.8 Å². The summed E-state index contributed by atoms with van der Waals surface area (Å²) in [5.74, 6) is 0.525. The maximum absolute atomic E-state index is 12.1. The fraction of sp³-hybridized carbons (Fsp3) is 0.188. The number of anilines is 1. The molecule has 0 fully saturated rings. The minimum absolute atomic E-state index is 0.0944. The maximum Gasteiger partial charge on any atom is 0.256 e. The molecule has 21 heavy (non-hydrogen) atoms. The number of amides is 1. The van der Waals surface area contributed by atoms with Gasteiger partial charge >= 0.3 is 0 Å². The molecule has 106 valence electrons. The first-order chi connectivity index (χ1) is 10.2. The zero-order valence-corrected chi connectivity index (χ0v) is 11.6. The van der Waals surface area contributed by atoms with E-state index in [0.29, 0.717) is 23.4 Å². The van der Waals surface area contributed by atoms with Crippen LogP contribution in [0.2, 0.25) is 0 Å². The Bertz CT molecular complexity index is 730. The van der Waals surface area contributed by atoms with Crippen LogP contribution < -0.4 is 5.32 Å². The monoisotopic (exact) mass is 281 g/mol. The summed E-state index contributed by atoms with van der Waals surface area (Å²) in [5.41, 5.74) is 2.63. The van der Waals surface area contributed by atoms with Gasteiger partial charge in [0.25, 0.3) is 5.91 Å². The van der Waals surface area contributed by atoms with Crippen molar-refractivity contribution in [3.8, 4) is 0 Å². The molecule has 0 atom stereocenters. The number of hydrogen-bond acceptors (Lipinski definition) is 3. The third kappa shape index (κ3) is 2.50. The van der Waals surface area contributed by atoms with E-state index in [4.69, 9.17) is 0 Å². The summed E-state index contributed by atoms with van der Waals surface area (Å²) >= 11 is 0. The van der Waals surface area contributed by atoms with E-state index in [-0.39, 0.29) is 11.7 Å². The average molecular weight is 281 g/mol. The number of rotatable bonds is 4. The number of aromatic nitrogens is 2. The molecule has 5 nitrogen and oxygen atoms in total. The lowest BCUT2D eigenvalue weighted by atomic mass is 10.00. The number of nitrogens with zero attached hydrogens (tertiary/aromatic N) is 1. The second kappa shape index (κ2) is 5.36. The maximum atomic E-state index is 12.1. The van der Waals surface area contributed by atoms with Crippen molar-refractivity contribution in [2.75, 3.05) is 5.32 Å². The summed E-state index contributed by atoms with van der Waals surface area (Å²) in [6.07, 6.45) is 6.33. The molecule has 0 bridgehead atoms. The van der Waals surface area contributed by atoms with E-state index < -0.39 is 0 Å². The molecule has 0 saturated heterocycles. The Kier molecular flexibility index (Phi) is 3.39. The molecule has 2 N–H and O–H groups in total. The Balaban J connectivity index is 2.02. The molecule has 0 radical (unpaired) electrons. The molecule has 2 heterocycles. The van der Waals surface area contributed by atoms with Crippen molar-refractivity contribution < 1.29 is 9.59 Å². The van der Waals surface area contributed by atoms with Crippen molar-refractivity contribution in [2.24, 2.45) is 0 Å². The lowest BCUT2D eigenvalue weighted by molar-refractivity contribution is -0.110. The van der Waals surface area contributed by atoms with Gasteiger partial charge in [0.1, 0.15) is 5.82 Å². The average Bonchev–Trinajstić information content (AvgIpc) is 3.08. The summed E-state index contributed by atoms with van der Waals surface area (Å²) in [5, 5.41) is 2.80. The van der Waals surface area contributed by atoms with Crippen LogP contribution >= 0.6 is 0 Å². The molecule has 0 spiro atoms. The van der Waals surface area contributed by atoms with Crippen LogP contribution in [-0.2, 0) is 4.79 Å². The highest BCUT2D eigenvalue weighted by Gasteiger charge is 2.25. The predicted octanol–water partition coefficient (Wildman–Crippen LogP) is 2.89. The fourth-order valence-electron chi connectivity index (χ4n) is 2.37. The van der Waals surface area contributed by atoms with Gasteiger partial charge in [-0.15, -0.1) is 0 Å². The molecule has 1 aromatic heterocycles. The van der Waals surface area contributed by atoms with Crippen LogP contribution in [0.4, 0.5) is 5.69 Å². The number of carbonyl (C=O) groups excluding carboxylic acids is 2. The van der Waals surface area contributed by atoms with Gasteiger partial charge < -0.3 is 10.3 Å². The number of carbonyl (C=O) groups is 2. The van der Waals surface area contributed by atoms with Crippen LogP contribution in [0.3, 0.4) is 0 Å². The number of ketones is 1. The number of H-pyrrole nitrogens is 1. The van der Waals surface area contributed by atoms with E-state index in [1.807, 2.05) is 6.92 Å². The van der Waals surface area contributed by atoms with Gasteiger partial charge in [0, 0.05) is 35.6 Å². The third-order valence-corrected chi connectivity index (χ3v) is 3.40. The Morgan fingerprint density at radius 2 is 2.24 bits per heavy atom. The number of imidazole rings is 1. The van der Waals surface area contributed by atoms with Gasteiger partial charge in [0.15, 0.2) is 5.78 Å². The number of fused-ring (bicyclic) bond motifs is 1. The zero-order valence-electron chi connectivity index (χ0n) is 11.6. The number of benzene rings is 1. The van der Waals surface area contributed by atoms with Gasteiger partial charge in [-0.1, -0.05) is 6.92 Å². The largest absolute Gasteiger partial charge is 0.345 e. The summed E-state index contributed by atoms with van der Waals surface area (Å²) in [6, 6.07) is 5.31. The SMILES string of the molecule is CCCC(=O)c1ccc2c(c1)/C(=C/c1ncc[nH]1)C(=O)N2. The van der Waals surface area contributed by atoms with Crippen LogP contribution in [0.5, 0.6) is 0 Å². The number of hydrogen-bond donors (Lipinski definition) is 2. The van der Waals surface area contributed by atoms with Gasteiger partial charge in [0.05, 0.1) is 5.57 Å². The predicted molar refractivity (Wildman–Crippen MR) is 80.8 cm³/mol. The fourth-order valence-corrected chi connectivity index (χ4v) is 2.37. The lowest BCUT2D eigenvalue weighted by Gasteiger charge is -2.03. The number of Topliss-reactive ketones (excluding diaryl/α,β-unsaturated/α-hetero) is 1. The molecule has 1 aliphatic heterocycles. The number of nitrogens with one attached hydrogen (secondary N) is 2. The highest BCUT2D eigenvalue weighted by molar-refractivity contribution is 6.35. The first kappa shape index (κ1) is 13.3. The summed E-state index contributed by atoms with van der Waals surface area (Å²) in [4.78, 5) is 31.1. The molecule has 0 aliphatic carbocycles. The molecule has 0 unspecified atom stereocenters. The molecular formula is C16H15N3O2. The molecule has 1 aromatic carbocycles. The zero-order chi connectivity index (χ0) is 14.8. The minimum Gasteiger partial charge on any atom is -0.345 e. The van der Waals surface area contributed by atoms with Crippen molar-refractivity contribution in [1.82, 2.24) is 9.97 Å². The minimum atomic E-state index is -0.179. The smallest absolute Gasteiger partial charge is 0.256 e. The molecule has 1 amide bonds. The Labute approximate surface area is 122 Å². The Morgan fingerprint density at radius 3 is 2.95 bits per heavy atom. The Hall–Kier alpha value is -2.69. The standard InChI is InChI=1S/C16H15N3O2/c1-2-3-14(20)10-4-5-13-11(8-10)12(16(21)19-13)9-15-17-6-7-18-15/h4-9H,2-3H2,1H3,(H,17,18)(H,19,21)/b12-9-. The Morgan fingerprint density at radius 1 is 1.38 bits per heavy atom. The van der Waals surface area contributed by atoms with Crippen LogP contribution in [0.25, 0.3) is 11.6 Å². The van der Waals surface area contributed by atoms with Gasteiger partial charge in [-0.05, 0) is 30.7 Å². The highest BCUT2D eigenvalue weighted by atomic mass is 16.2. The third-order valence-electron chi connectivity index (χ3n) is 3.40. The van der Waals surface area contributed by atoms with Gasteiger partial charge in [0.2, 0.25) is 0 Å². The second-order valence-corrected chi connectivity index (χ2v) is 4.92. The molecule has 0 saturated carbocycles. The molecular weight excluding hydrogens is 266 g/mol. The summed E-state index contributed by atoms with van der Waals surface area (Å²) in [7, 11) is 0. The van der Waals surface area contributed by atoms with E-state index >= 15 is 0 Å². The molecule has 3 rings (SSSR count). The summed E-state index contributed by atoms with van der Waals surface area (Å²) in [6.45, 7) is 1.97.